The first-order chi connectivity index (χ1) is 11.8. The Hall–Kier alpha value is -2.29. The highest BCUT2D eigenvalue weighted by molar-refractivity contribution is 5.67. The molecule has 0 radical (unpaired) electrons. The zero-order valence-electron chi connectivity index (χ0n) is 14.0. The minimum Gasteiger partial charge on any atom is -0.445 e. The molecule has 1 saturated carbocycles. The van der Waals surface area contributed by atoms with Gasteiger partial charge in [-0.15, -0.1) is 0 Å². The summed E-state index contributed by atoms with van der Waals surface area (Å²) in [7, 11) is 0. The molecule has 0 unspecified atom stereocenters. The first-order valence-electron chi connectivity index (χ1n) is 8.84. The van der Waals surface area contributed by atoms with Gasteiger partial charge in [0.1, 0.15) is 6.61 Å². The third-order valence-corrected chi connectivity index (χ3v) is 4.71. The predicted octanol–water partition coefficient (Wildman–Crippen LogP) is 5.16. The molecule has 3 nitrogen and oxygen atoms in total. The van der Waals surface area contributed by atoms with Gasteiger partial charge >= 0.3 is 6.09 Å². The molecule has 0 spiro atoms. The van der Waals surface area contributed by atoms with Crippen LogP contribution in [0.4, 0.5) is 4.79 Å². The fraction of sp³-hybridized carbons (Fsp3) is 0.381. The quantitative estimate of drug-likeness (QED) is 0.825. The first kappa shape index (κ1) is 16.6. The number of nitrogens with one attached hydrogen (secondary N) is 1. The lowest BCUT2D eigenvalue weighted by Crippen LogP contribution is -2.23. The number of benzene rings is 2. The van der Waals surface area contributed by atoms with Gasteiger partial charge in [0.05, 0.1) is 0 Å². The monoisotopic (exact) mass is 323 g/mol. The molecule has 0 aromatic heterocycles. The Morgan fingerprint density at radius 1 is 0.917 bits per heavy atom. The molecule has 0 heterocycles. The minimum atomic E-state index is -0.379. The molecule has 1 N–H and O–H groups in total. The summed E-state index contributed by atoms with van der Waals surface area (Å²) in [6, 6.07) is 18.3. The number of ether oxygens (including phenoxy) is 1. The van der Waals surface area contributed by atoms with Crippen molar-refractivity contribution in [3.05, 3.63) is 71.3 Å². The average Bonchev–Trinajstić information content (AvgIpc) is 2.67. The Kier molecular flexibility index (Phi) is 5.89. The molecule has 3 rings (SSSR count). The number of carbonyl (C=O) groups excluding carboxylic acids is 1. The van der Waals surface area contributed by atoms with Crippen LogP contribution < -0.4 is 5.32 Å². The van der Waals surface area contributed by atoms with E-state index in [1.807, 2.05) is 30.3 Å². The SMILES string of the molecule is O=C(NCc1ccc(C2CCCCC2)cc1)OCc1ccccc1. The summed E-state index contributed by atoms with van der Waals surface area (Å²) >= 11 is 0. The minimum absolute atomic E-state index is 0.299. The number of hydrogen-bond acceptors (Lipinski definition) is 2. The van der Waals surface area contributed by atoms with Crippen LogP contribution in [-0.4, -0.2) is 6.09 Å². The lowest BCUT2D eigenvalue weighted by atomic mass is 9.84. The third-order valence-electron chi connectivity index (χ3n) is 4.71. The van der Waals surface area contributed by atoms with E-state index in [4.69, 9.17) is 4.74 Å². The molecular weight excluding hydrogens is 298 g/mol. The van der Waals surface area contributed by atoms with E-state index < -0.39 is 0 Å². The first-order valence-corrected chi connectivity index (χ1v) is 8.84. The average molecular weight is 323 g/mol. The van der Waals surface area contributed by atoms with Crippen LogP contribution in [0.2, 0.25) is 0 Å². The normalized spacial score (nSPS) is 15.0. The Balaban J connectivity index is 1.43. The number of carbonyl (C=O) groups is 1. The molecule has 1 aliphatic rings. The van der Waals surface area contributed by atoms with Gasteiger partial charge in [-0.2, -0.15) is 0 Å². The summed E-state index contributed by atoms with van der Waals surface area (Å²) in [5.74, 6) is 0.719. The second-order valence-corrected chi connectivity index (χ2v) is 6.49. The molecule has 0 bridgehead atoms. The van der Waals surface area contributed by atoms with Crippen molar-refractivity contribution in [3.63, 3.8) is 0 Å². The second kappa shape index (κ2) is 8.53. The van der Waals surface area contributed by atoms with Crippen LogP contribution >= 0.6 is 0 Å². The molecule has 3 heteroatoms. The Bertz CT molecular complexity index is 631. The van der Waals surface area contributed by atoms with Crippen LogP contribution in [-0.2, 0) is 17.9 Å². The third kappa shape index (κ3) is 4.85. The molecule has 126 valence electrons. The maximum atomic E-state index is 11.8. The van der Waals surface area contributed by atoms with Crippen molar-refractivity contribution in [2.24, 2.45) is 0 Å². The van der Waals surface area contributed by atoms with E-state index in [1.54, 1.807) is 0 Å². The van der Waals surface area contributed by atoms with Crippen LogP contribution in [0.5, 0.6) is 0 Å². The van der Waals surface area contributed by atoms with Gasteiger partial charge < -0.3 is 10.1 Å². The zero-order valence-corrected chi connectivity index (χ0v) is 14.0. The van der Waals surface area contributed by atoms with Crippen molar-refractivity contribution in [1.29, 1.82) is 0 Å². The Morgan fingerprint density at radius 2 is 1.62 bits per heavy atom. The van der Waals surface area contributed by atoms with Crippen molar-refractivity contribution in [2.45, 2.75) is 51.2 Å². The topological polar surface area (TPSA) is 38.3 Å². The van der Waals surface area contributed by atoms with E-state index >= 15 is 0 Å². The van der Waals surface area contributed by atoms with Crippen LogP contribution in [0.15, 0.2) is 54.6 Å². The van der Waals surface area contributed by atoms with Crippen LogP contribution in [0.1, 0.15) is 54.7 Å². The summed E-state index contributed by atoms with van der Waals surface area (Å²) < 4.78 is 5.22. The standard InChI is InChI=1S/C21H25NO2/c23-21(24-16-18-7-3-1-4-8-18)22-15-17-11-13-20(14-12-17)19-9-5-2-6-10-19/h1,3-4,7-8,11-14,19H,2,5-6,9-10,15-16H2,(H,22,23). The molecule has 2 aromatic rings. The Labute approximate surface area is 144 Å². The van der Waals surface area contributed by atoms with E-state index in [0.29, 0.717) is 13.2 Å². The fourth-order valence-corrected chi connectivity index (χ4v) is 3.29. The number of rotatable bonds is 5. The van der Waals surface area contributed by atoms with E-state index in [2.05, 4.69) is 29.6 Å². The van der Waals surface area contributed by atoms with Crippen molar-refractivity contribution < 1.29 is 9.53 Å². The van der Waals surface area contributed by atoms with Gasteiger partial charge in [0.15, 0.2) is 0 Å². The smallest absolute Gasteiger partial charge is 0.407 e. The lowest BCUT2D eigenvalue weighted by molar-refractivity contribution is 0.139. The Morgan fingerprint density at radius 3 is 2.33 bits per heavy atom. The molecule has 24 heavy (non-hydrogen) atoms. The second-order valence-electron chi connectivity index (χ2n) is 6.49. The summed E-state index contributed by atoms with van der Waals surface area (Å²) in [5, 5.41) is 2.81. The van der Waals surface area contributed by atoms with Crippen molar-refractivity contribution in [1.82, 2.24) is 5.32 Å². The molecule has 1 amide bonds. The number of alkyl carbamates (subject to hydrolysis) is 1. The highest BCUT2D eigenvalue weighted by Crippen LogP contribution is 2.32. The van der Waals surface area contributed by atoms with E-state index in [1.165, 1.54) is 37.7 Å². The molecule has 1 fully saturated rings. The fourth-order valence-electron chi connectivity index (χ4n) is 3.29. The molecule has 0 saturated heterocycles. The molecule has 2 aromatic carbocycles. The highest BCUT2D eigenvalue weighted by atomic mass is 16.5. The van der Waals surface area contributed by atoms with Gasteiger partial charge in [-0.05, 0) is 35.4 Å². The maximum Gasteiger partial charge on any atom is 0.407 e. The van der Waals surface area contributed by atoms with Gasteiger partial charge in [0.2, 0.25) is 0 Å². The lowest BCUT2D eigenvalue weighted by Gasteiger charge is -2.22. The highest BCUT2D eigenvalue weighted by Gasteiger charge is 2.15. The summed E-state index contributed by atoms with van der Waals surface area (Å²) in [4.78, 5) is 11.8. The molecule has 0 atom stereocenters. The molecule has 1 aliphatic carbocycles. The maximum absolute atomic E-state index is 11.8. The predicted molar refractivity (Wildman–Crippen MR) is 95.7 cm³/mol. The van der Waals surface area contributed by atoms with E-state index in [9.17, 15) is 4.79 Å². The van der Waals surface area contributed by atoms with Gasteiger partial charge in [-0.3, -0.25) is 0 Å². The number of hydrogen-bond donors (Lipinski definition) is 1. The van der Waals surface area contributed by atoms with Gasteiger partial charge in [-0.25, -0.2) is 4.79 Å². The zero-order chi connectivity index (χ0) is 16.6. The van der Waals surface area contributed by atoms with Crippen molar-refractivity contribution in [3.8, 4) is 0 Å². The van der Waals surface area contributed by atoms with Crippen LogP contribution in [0.3, 0.4) is 0 Å². The van der Waals surface area contributed by atoms with Gasteiger partial charge in [0.25, 0.3) is 0 Å². The largest absolute Gasteiger partial charge is 0.445 e. The van der Waals surface area contributed by atoms with E-state index in [0.717, 1.165) is 17.0 Å². The summed E-state index contributed by atoms with van der Waals surface area (Å²) in [5.41, 5.74) is 3.53. The van der Waals surface area contributed by atoms with Crippen LogP contribution in [0.25, 0.3) is 0 Å². The summed E-state index contributed by atoms with van der Waals surface area (Å²) in [6.45, 7) is 0.797. The van der Waals surface area contributed by atoms with Crippen molar-refractivity contribution in [2.75, 3.05) is 0 Å². The number of amides is 1. The summed E-state index contributed by atoms with van der Waals surface area (Å²) in [6.07, 6.45) is 6.31. The van der Waals surface area contributed by atoms with Gasteiger partial charge in [0, 0.05) is 6.54 Å². The van der Waals surface area contributed by atoms with Gasteiger partial charge in [-0.1, -0.05) is 73.9 Å². The van der Waals surface area contributed by atoms with Crippen molar-refractivity contribution >= 4 is 6.09 Å². The molecular formula is C21H25NO2. The van der Waals surface area contributed by atoms with Crippen LogP contribution in [0, 0.1) is 0 Å². The van der Waals surface area contributed by atoms with E-state index in [-0.39, 0.29) is 6.09 Å². The molecule has 0 aliphatic heterocycles.